The first-order valence-electron chi connectivity index (χ1n) is 11.7. The lowest BCUT2D eigenvalue weighted by atomic mass is 9.68. The second-order valence-corrected chi connectivity index (χ2v) is 10.1. The molecule has 1 atom stereocenters. The number of hydrogen-bond donors (Lipinski definition) is 1. The minimum absolute atomic E-state index is 0.0316. The van der Waals surface area contributed by atoms with Crippen LogP contribution in [0.3, 0.4) is 0 Å². The van der Waals surface area contributed by atoms with Crippen LogP contribution in [0.15, 0.2) is 71.2 Å². The van der Waals surface area contributed by atoms with Gasteiger partial charge in [-0.2, -0.15) is 0 Å². The van der Waals surface area contributed by atoms with Crippen LogP contribution in [0.2, 0.25) is 5.02 Å². The fraction of sp³-hybridized carbons (Fsp3) is 0.357. The van der Waals surface area contributed by atoms with Crippen LogP contribution in [-0.2, 0) is 20.7 Å². The molecule has 4 rings (SSSR count). The third-order valence-corrected chi connectivity index (χ3v) is 6.81. The van der Waals surface area contributed by atoms with Crippen molar-refractivity contribution in [2.75, 3.05) is 11.5 Å². The molecule has 0 spiro atoms. The van der Waals surface area contributed by atoms with Gasteiger partial charge in [-0.25, -0.2) is 4.79 Å². The molecule has 0 radical (unpaired) electrons. The van der Waals surface area contributed by atoms with Gasteiger partial charge in [-0.05, 0) is 60.6 Å². The lowest BCUT2D eigenvalue weighted by Crippen LogP contribution is -2.43. The molecule has 34 heavy (non-hydrogen) atoms. The number of hydrogen-bond acceptors (Lipinski definition) is 5. The van der Waals surface area contributed by atoms with Gasteiger partial charge in [0.2, 0.25) is 0 Å². The molecule has 0 aromatic heterocycles. The summed E-state index contributed by atoms with van der Waals surface area (Å²) >= 11 is 6.14. The molecule has 0 unspecified atom stereocenters. The molecule has 1 heterocycles. The monoisotopic (exact) mass is 478 g/mol. The SMILES string of the molecule is CCOC(=O)C1=C(N)N(c2ccc(Cl)cc2)C2=C(C(=O)CC(C)(C)C2)[C@H]1c1ccc(CC)cc1. The molecule has 0 amide bonds. The summed E-state index contributed by atoms with van der Waals surface area (Å²) in [6.07, 6.45) is 1.95. The fourth-order valence-corrected chi connectivity index (χ4v) is 5.11. The van der Waals surface area contributed by atoms with Crippen molar-refractivity contribution in [3.63, 3.8) is 0 Å². The van der Waals surface area contributed by atoms with E-state index in [-0.39, 0.29) is 23.6 Å². The Morgan fingerprint density at radius 3 is 2.32 bits per heavy atom. The number of Topliss-reactive ketones (excluding diaryl/α,β-unsaturated/α-hetero) is 1. The van der Waals surface area contributed by atoms with E-state index in [9.17, 15) is 9.59 Å². The predicted octanol–water partition coefficient (Wildman–Crippen LogP) is 5.88. The molecular formula is C28H31ClN2O3. The molecule has 1 aliphatic heterocycles. The molecule has 5 nitrogen and oxygen atoms in total. The highest BCUT2D eigenvalue weighted by molar-refractivity contribution is 6.30. The average molecular weight is 479 g/mol. The fourth-order valence-electron chi connectivity index (χ4n) is 4.98. The molecule has 6 heteroatoms. The number of carbonyl (C=O) groups excluding carboxylic acids is 2. The Bertz CT molecular complexity index is 1180. The van der Waals surface area contributed by atoms with E-state index in [0.29, 0.717) is 29.0 Å². The van der Waals surface area contributed by atoms with Gasteiger partial charge in [-0.15, -0.1) is 0 Å². The second-order valence-electron chi connectivity index (χ2n) is 9.66. The van der Waals surface area contributed by atoms with Crippen LogP contribution in [0.25, 0.3) is 0 Å². The number of ether oxygens (including phenoxy) is 1. The van der Waals surface area contributed by atoms with Crippen LogP contribution in [-0.4, -0.2) is 18.4 Å². The molecule has 2 aliphatic rings. The average Bonchev–Trinajstić information content (AvgIpc) is 2.78. The number of allylic oxidation sites excluding steroid dienone is 2. The van der Waals surface area contributed by atoms with Gasteiger partial charge in [-0.3, -0.25) is 9.69 Å². The van der Waals surface area contributed by atoms with Crippen LogP contribution >= 0.6 is 11.6 Å². The van der Waals surface area contributed by atoms with E-state index in [4.69, 9.17) is 22.1 Å². The highest BCUT2D eigenvalue weighted by atomic mass is 35.5. The lowest BCUT2D eigenvalue weighted by Gasteiger charge is -2.44. The Hall–Kier alpha value is -3.05. The molecule has 2 N–H and O–H groups in total. The van der Waals surface area contributed by atoms with Crippen molar-refractivity contribution in [3.05, 3.63) is 87.3 Å². The molecule has 0 saturated heterocycles. The Kier molecular flexibility index (Phi) is 6.59. The van der Waals surface area contributed by atoms with Crippen molar-refractivity contribution in [1.82, 2.24) is 0 Å². The summed E-state index contributed by atoms with van der Waals surface area (Å²) < 4.78 is 5.45. The van der Waals surface area contributed by atoms with Crippen molar-refractivity contribution in [1.29, 1.82) is 0 Å². The summed E-state index contributed by atoms with van der Waals surface area (Å²) in [7, 11) is 0. The zero-order chi connectivity index (χ0) is 24.6. The van der Waals surface area contributed by atoms with Gasteiger partial charge in [0.05, 0.1) is 18.1 Å². The number of nitrogens with two attached hydrogens (primary N) is 1. The Balaban J connectivity index is 2.00. The van der Waals surface area contributed by atoms with Crippen molar-refractivity contribution in [2.45, 2.75) is 52.9 Å². The molecule has 0 fully saturated rings. The van der Waals surface area contributed by atoms with Crippen LogP contribution in [0.1, 0.15) is 57.6 Å². The number of nitrogens with zero attached hydrogens (tertiary/aromatic N) is 1. The van der Waals surface area contributed by atoms with Gasteiger partial charge >= 0.3 is 5.97 Å². The number of ketones is 1. The molecule has 0 bridgehead atoms. The standard InChI is InChI=1S/C28H31ClN2O3/c1-5-17-7-9-18(10-8-17)23-24-21(15-28(3,4)16-22(24)32)31(20-13-11-19(29)12-14-20)26(30)25(23)27(33)34-6-2/h7-14,23H,5-6,15-16,30H2,1-4H3/t23-/m1/s1. The van der Waals surface area contributed by atoms with E-state index in [1.165, 1.54) is 5.56 Å². The first-order chi connectivity index (χ1) is 16.2. The summed E-state index contributed by atoms with van der Waals surface area (Å²) in [6, 6.07) is 15.3. The Morgan fingerprint density at radius 1 is 1.09 bits per heavy atom. The number of esters is 1. The zero-order valence-electron chi connectivity index (χ0n) is 20.2. The molecule has 178 valence electrons. The van der Waals surface area contributed by atoms with E-state index in [1.54, 1.807) is 19.1 Å². The number of carbonyl (C=O) groups is 2. The number of aryl methyl sites for hydroxylation is 1. The topological polar surface area (TPSA) is 72.6 Å². The quantitative estimate of drug-likeness (QED) is 0.543. The predicted molar refractivity (Wildman–Crippen MR) is 135 cm³/mol. The largest absolute Gasteiger partial charge is 0.463 e. The first kappa shape index (κ1) is 24.1. The van der Waals surface area contributed by atoms with E-state index in [0.717, 1.165) is 23.4 Å². The maximum atomic E-state index is 13.7. The van der Waals surface area contributed by atoms with E-state index in [2.05, 4.69) is 20.8 Å². The second kappa shape index (κ2) is 9.30. The lowest BCUT2D eigenvalue weighted by molar-refractivity contribution is -0.138. The summed E-state index contributed by atoms with van der Waals surface area (Å²) in [5.74, 6) is -0.765. The molecule has 2 aromatic rings. The highest BCUT2D eigenvalue weighted by Gasteiger charge is 2.46. The van der Waals surface area contributed by atoms with Gasteiger partial charge in [0.15, 0.2) is 5.78 Å². The van der Waals surface area contributed by atoms with Crippen molar-refractivity contribution >= 4 is 29.0 Å². The van der Waals surface area contributed by atoms with Crippen LogP contribution in [0, 0.1) is 5.41 Å². The van der Waals surface area contributed by atoms with Crippen molar-refractivity contribution < 1.29 is 14.3 Å². The summed E-state index contributed by atoms with van der Waals surface area (Å²) in [5, 5.41) is 0.595. The summed E-state index contributed by atoms with van der Waals surface area (Å²) in [5.41, 5.74) is 11.1. The van der Waals surface area contributed by atoms with Crippen molar-refractivity contribution in [3.8, 4) is 0 Å². The van der Waals surface area contributed by atoms with E-state index < -0.39 is 11.9 Å². The van der Waals surface area contributed by atoms with Crippen LogP contribution in [0.5, 0.6) is 0 Å². The van der Waals surface area contributed by atoms with Gasteiger partial charge in [0.25, 0.3) is 0 Å². The maximum absolute atomic E-state index is 13.7. The highest BCUT2D eigenvalue weighted by Crippen LogP contribution is 2.50. The minimum Gasteiger partial charge on any atom is -0.463 e. The number of rotatable bonds is 5. The number of benzene rings is 2. The molecule has 1 aliphatic carbocycles. The van der Waals surface area contributed by atoms with Gasteiger partial charge < -0.3 is 10.5 Å². The number of anilines is 1. The Labute approximate surface area is 206 Å². The zero-order valence-corrected chi connectivity index (χ0v) is 20.9. The van der Waals surface area contributed by atoms with E-state index in [1.807, 2.05) is 41.3 Å². The van der Waals surface area contributed by atoms with Crippen molar-refractivity contribution in [2.24, 2.45) is 11.1 Å². The number of halogens is 1. The first-order valence-corrected chi connectivity index (χ1v) is 12.1. The molecule has 0 saturated carbocycles. The van der Waals surface area contributed by atoms with Crippen LogP contribution < -0.4 is 10.6 Å². The molecular weight excluding hydrogens is 448 g/mol. The van der Waals surface area contributed by atoms with Gasteiger partial charge in [-0.1, -0.05) is 56.6 Å². The summed E-state index contributed by atoms with van der Waals surface area (Å²) in [6.45, 7) is 8.24. The molecule has 2 aromatic carbocycles. The summed E-state index contributed by atoms with van der Waals surface area (Å²) in [4.78, 5) is 28.8. The third-order valence-electron chi connectivity index (χ3n) is 6.56. The minimum atomic E-state index is -0.577. The normalized spacial score (nSPS) is 19.9. The van der Waals surface area contributed by atoms with Crippen LogP contribution in [0.4, 0.5) is 5.69 Å². The maximum Gasteiger partial charge on any atom is 0.338 e. The smallest absolute Gasteiger partial charge is 0.338 e. The Morgan fingerprint density at radius 2 is 1.74 bits per heavy atom. The third kappa shape index (κ3) is 4.37. The van der Waals surface area contributed by atoms with Gasteiger partial charge in [0, 0.05) is 28.4 Å². The van der Waals surface area contributed by atoms with Gasteiger partial charge in [0.1, 0.15) is 5.82 Å². The van der Waals surface area contributed by atoms with E-state index >= 15 is 0 Å².